The molecule has 0 saturated heterocycles. The molecule has 0 atom stereocenters. The Morgan fingerprint density at radius 2 is 1.65 bits per heavy atom. The number of imide groups is 1. The first-order valence-corrected chi connectivity index (χ1v) is 6.20. The maximum atomic E-state index is 11.2. The lowest BCUT2D eigenvalue weighted by Crippen LogP contribution is -2.30. The molecule has 5 nitrogen and oxygen atoms in total. The van der Waals surface area contributed by atoms with Gasteiger partial charge in [0.15, 0.2) is 0 Å². The van der Waals surface area contributed by atoms with Crippen molar-refractivity contribution in [1.29, 1.82) is 0 Å². The summed E-state index contributed by atoms with van der Waals surface area (Å²) in [5.41, 5.74) is 5.35. The van der Waals surface area contributed by atoms with Gasteiger partial charge in [-0.15, -0.1) is 0 Å². The lowest BCUT2D eigenvalue weighted by Gasteiger charge is -2.13. The van der Waals surface area contributed by atoms with Crippen molar-refractivity contribution in [1.82, 2.24) is 10.2 Å². The van der Waals surface area contributed by atoms with Gasteiger partial charge < -0.3 is 11.1 Å². The van der Waals surface area contributed by atoms with E-state index in [4.69, 9.17) is 5.73 Å². The van der Waals surface area contributed by atoms with Gasteiger partial charge in [-0.25, -0.2) is 0 Å². The lowest BCUT2D eigenvalue weighted by atomic mass is 10.2. The monoisotopic (exact) mass is 239 g/mol. The quantitative estimate of drug-likeness (QED) is 0.439. The van der Waals surface area contributed by atoms with Crippen LogP contribution in [0.15, 0.2) is 12.2 Å². The molecule has 1 aliphatic heterocycles. The Bertz CT molecular complexity index is 271. The number of carbonyl (C=O) groups is 2. The molecule has 0 aromatic carbocycles. The molecule has 96 valence electrons. The van der Waals surface area contributed by atoms with Gasteiger partial charge in [0.1, 0.15) is 0 Å². The maximum absolute atomic E-state index is 11.2. The summed E-state index contributed by atoms with van der Waals surface area (Å²) in [5, 5.41) is 3.23. The minimum atomic E-state index is -0.181. The highest BCUT2D eigenvalue weighted by Crippen LogP contribution is 2.07. The molecule has 0 fully saturated rings. The number of unbranched alkanes of at least 4 members (excludes halogenated alkanes) is 3. The zero-order chi connectivity index (χ0) is 12.5. The van der Waals surface area contributed by atoms with Gasteiger partial charge in [-0.3, -0.25) is 14.5 Å². The second-order valence-electron chi connectivity index (χ2n) is 4.11. The van der Waals surface area contributed by atoms with E-state index in [-0.39, 0.29) is 11.8 Å². The van der Waals surface area contributed by atoms with E-state index in [9.17, 15) is 9.59 Å². The van der Waals surface area contributed by atoms with Crippen LogP contribution in [-0.2, 0) is 9.59 Å². The van der Waals surface area contributed by atoms with Crippen LogP contribution < -0.4 is 11.1 Å². The van der Waals surface area contributed by atoms with Gasteiger partial charge in [-0.05, 0) is 19.4 Å². The number of hydrogen-bond acceptors (Lipinski definition) is 4. The van der Waals surface area contributed by atoms with E-state index in [1.165, 1.54) is 17.1 Å². The number of carbonyl (C=O) groups excluding carboxylic acids is 2. The van der Waals surface area contributed by atoms with Crippen LogP contribution in [0.25, 0.3) is 0 Å². The molecule has 0 spiro atoms. The molecule has 3 N–H and O–H groups in total. The van der Waals surface area contributed by atoms with Gasteiger partial charge in [-0.1, -0.05) is 12.8 Å². The maximum Gasteiger partial charge on any atom is 0.253 e. The number of nitrogens with zero attached hydrogens (tertiary/aromatic N) is 1. The zero-order valence-electron chi connectivity index (χ0n) is 10.2. The molecule has 2 amide bonds. The van der Waals surface area contributed by atoms with E-state index in [0.717, 1.165) is 38.8 Å². The summed E-state index contributed by atoms with van der Waals surface area (Å²) in [6.07, 6.45) is 6.82. The van der Waals surface area contributed by atoms with Crippen molar-refractivity contribution in [2.24, 2.45) is 5.73 Å². The topological polar surface area (TPSA) is 75.4 Å². The summed E-state index contributed by atoms with van der Waals surface area (Å²) < 4.78 is 0. The molecule has 0 bridgehead atoms. The Morgan fingerprint density at radius 1 is 1.00 bits per heavy atom. The minimum absolute atomic E-state index is 0.181. The average Bonchev–Trinajstić information content (AvgIpc) is 2.63. The highest BCUT2D eigenvalue weighted by molar-refractivity contribution is 6.12. The Morgan fingerprint density at radius 3 is 2.29 bits per heavy atom. The van der Waals surface area contributed by atoms with E-state index in [1.54, 1.807) is 0 Å². The summed E-state index contributed by atoms with van der Waals surface area (Å²) in [5.74, 6) is -0.362. The van der Waals surface area contributed by atoms with Gasteiger partial charge in [0, 0.05) is 31.8 Å². The van der Waals surface area contributed by atoms with Crippen LogP contribution in [0.4, 0.5) is 0 Å². The summed E-state index contributed by atoms with van der Waals surface area (Å²) >= 11 is 0. The first-order valence-electron chi connectivity index (χ1n) is 6.20. The predicted molar refractivity (Wildman–Crippen MR) is 66.3 cm³/mol. The third kappa shape index (κ3) is 5.10. The molecule has 0 aromatic rings. The molecule has 0 unspecified atom stereocenters. The number of hydrogen-bond donors (Lipinski definition) is 2. The molecule has 0 radical (unpaired) electrons. The Hall–Kier alpha value is -1.20. The summed E-state index contributed by atoms with van der Waals surface area (Å²) in [6.45, 7) is 3.07. The molecular weight excluding hydrogens is 218 g/mol. The second kappa shape index (κ2) is 7.97. The fourth-order valence-corrected chi connectivity index (χ4v) is 1.75. The van der Waals surface area contributed by atoms with E-state index >= 15 is 0 Å². The van der Waals surface area contributed by atoms with E-state index < -0.39 is 0 Å². The van der Waals surface area contributed by atoms with Crippen LogP contribution in [0, 0.1) is 0 Å². The molecule has 1 rings (SSSR count). The van der Waals surface area contributed by atoms with Crippen molar-refractivity contribution >= 4 is 11.8 Å². The molecule has 17 heavy (non-hydrogen) atoms. The van der Waals surface area contributed by atoms with Gasteiger partial charge in [0.25, 0.3) is 11.8 Å². The highest BCUT2D eigenvalue weighted by Gasteiger charge is 2.21. The molecule has 5 heteroatoms. The van der Waals surface area contributed by atoms with Crippen molar-refractivity contribution in [3.05, 3.63) is 12.2 Å². The number of amides is 2. The van der Waals surface area contributed by atoms with Crippen molar-refractivity contribution in [2.75, 3.05) is 26.2 Å². The van der Waals surface area contributed by atoms with E-state index in [2.05, 4.69) is 5.32 Å². The Labute approximate surface area is 102 Å². The molecule has 0 aromatic heterocycles. The second-order valence-corrected chi connectivity index (χ2v) is 4.11. The Balaban J connectivity index is 1.94. The first-order chi connectivity index (χ1) is 8.25. The summed E-state index contributed by atoms with van der Waals surface area (Å²) in [7, 11) is 0. The molecular formula is C12H21N3O2. The van der Waals surface area contributed by atoms with Crippen LogP contribution >= 0.6 is 0 Å². The third-order valence-corrected chi connectivity index (χ3v) is 2.71. The van der Waals surface area contributed by atoms with Crippen LogP contribution in [0.2, 0.25) is 0 Å². The van der Waals surface area contributed by atoms with Crippen molar-refractivity contribution in [2.45, 2.75) is 25.7 Å². The van der Waals surface area contributed by atoms with E-state index in [1.807, 2.05) is 0 Å². The van der Waals surface area contributed by atoms with Gasteiger partial charge in [0.05, 0.1) is 0 Å². The van der Waals surface area contributed by atoms with Crippen LogP contribution in [0.3, 0.4) is 0 Å². The predicted octanol–water partition coefficient (Wildman–Crippen LogP) is 0.0201. The smallest absolute Gasteiger partial charge is 0.253 e. The molecule has 0 saturated carbocycles. The summed E-state index contributed by atoms with van der Waals surface area (Å²) in [4.78, 5) is 23.7. The minimum Gasteiger partial charge on any atom is -0.329 e. The van der Waals surface area contributed by atoms with E-state index in [0.29, 0.717) is 13.1 Å². The first kappa shape index (κ1) is 13.9. The lowest BCUT2D eigenvalue weighted by molar-refractivity contribution is -0.136. The standard InChI is InChI=1S/C12H21N3O2/c13-7-9-14-8-3-1-2-4-10-15-11(16)5-6-12(15)17/h5-6,14H,1-4,7-10,13H2. The van der Waals surface area contributed by atoms with Crippen LogP contribution in [0.5, 0.6) is 0 Å². The van der Waals surface area contributed by atoms with Crippen molar-refractivity contribution in [3.8, 4) is 0 Å². The van der Waals surface area contributed by atoms with Crippen LogP contribution in [0.1, 0.15) is 25.7 Å². The highest BCUT2D eigenvalue weighted by atomic mass is 16.2. The fourth-order valence-electron chi connectivity index (χ4n) is 1.75. The average molecular weight is 239 g/mol. The van der Waals surface area contributed by atoms with Crippen LogP contribution in [-0.4, -0.2) is 42.9 Å². The largest absolute Gasteiger partial charge is 0.329 e. The zero-order valence-corrected chi connectivity index (χ0v) is 10.2. The number of rotatable bonds is 9. The van der Waals surface area contributed by atoms with Gasteiger partial charge in [-0.2, -0.15) is 0 Å². The normalized spacial score (nSPS) is 15.0. The van der Waals surface area contributed by atoms with Crippen molar-refractivity contribution < 1.29 is 9.59 Å². The van der Waals surface area contributed by atoms with Gasteiger partial charge in [0.2, 0.25) is 0 Å². The molecule has 0 aliphatic carbocycles. The molecule has 1 aliphatic rings. The fraction of sp³-hybridized carbons (Fsp3) is 0.667. The Kier molecular flexibility index (Phi) is 6.50. The number of nitrogens with one attached hydrogen (secondary N) is 1. The third-order valence-electron chi connectivity index (χ3n) is 2.71. The number of nitrogens with two attached hydrogens (primary N) is 1. The van der Waals surface area contributed by atoms with Crippen molar-refractivity contribution in [3.63, 3.8) is 0 Å². The summed E-state index contributed by atoms with van der Waals surface area (Å²) in [6, 6.07) is 0. The van der Waals surface area contributed by atoms with Gasteiger partial charge >= 0.3 is 0 Å². The SMILES string of the molecule is NCCNCCCCCCN1C(=O)C=CC1=O. The molecule has 1 heterocycles.